The van der Waals surface area contributed by atoms with Crippen LogP contribution in [0.1, 0.15) is 16.7 Å². The summed E-state index contributed by atoms with van der Waals surface area (Å²) in [5.74, 6) is -0.988. The van der Waals surface area contributed by atoms with Crippen molar-refractivity contribution in [2.45, 2.75) is 25.5 Å². The van der Waals surface area contributed by atoms with Gasteiger partial charge in [-0.05, 0) is 43.5 Å². The highest BCUT2D eigenvalue weighted by atomic mass is 32.2. The van der Waals surface area contributed by atoms with E-state index in [1.54, 1.807) is 12.1 Å². The lowest BCUT2D eigenvalue weighted by atomic mass is 10.0. The van der Waals surface area contributed by atoms with Gasteiger partial charge in [0.15, 0.2) is 0 Å². The van der Waals surface area contributed by atoms with Gasteiger partial charge < -0.3 is 5.73 Å². The second-order valence-corrected chi connectivity index (χ2v) is 7.59. The molecule has 2 amide bonds. The van der Waals surface area contributed by atoms with Gasteiger partial charge in [-0.1, -0.05) is 53.7 Å². The minimum Gasteiger partial charge on any atom is -0.365 e. The van der Waals surface area contributed by atoms with Crippen LogP contribution in [-0.2, 0) is 16.0 Å². The van der Waals surface area contributed by atoms with E-state index in [1.807, 2.05) is 56.3 Å². The molecule has 1 atom stereocenters. The highest BCUT2D eigenvalue weighted by molar-refractivity contribution is 8.05. The molecule has 3 rings (SSSR count). The molecule has 1 saturated heterocycles. The van der Waals surface area contributed by atoms with Crippen molar-refractivity contribution in [1.82, 2.24) is 0 Å². The average Bonchev–Trinajstić information content (AvgIpc) is 2.94. The summed E-state index contributed by atoms with van der Waals surface area (Å²) in [6.45, 7) is 3.95. The molecule has 1 fully saturated rings. The van der Waals surface area contributed by atoms with Gasteiger partial charge in [0.25, 0.3) is 5.91 Å². The first-order valence-electron chi connectivity index (χ1n) is 8.48. The third-order valence-electron chi connectivity index (χ3n) is 4.48. The van der Waals surface area contributed by atoms with Gasteiger partial charge in [-0.2, -0.15) is 5.26 Å². The van der Waals surface area contributed by atoms with Crippen LogP contribution in [-0.4, -0.2) is 17.1 Å². The summed E-state index contributed by atoms with van der Waals surface area (Å²) in [5.41, 5.74) is 9.03. The first-order chi connectivity index (χ1) is 12.9. The molecule has 0 bridgehead atoms. The number of carbonyl (C=O) groups excluding carboxylic acids is 2. The molecule has 27 heavy (non-hydrogen) atoms. The molecule has 0 unspecified atom stereocenters. The van der Waals surface area contributed by atoms with Gasteiger partial charge in [-0.15, -0.1) is 0 Å². The highest BCUT2D eigenvalue weighted by Gasteiger charge is 2.40. The number of anilines is 1. The van der Waals surface area contributed by atoms with Crippen LogP contribution in [0.2, 0.25) is 0 Å². The van der Waals surface area contributed by atoms with Crippen LogP contribution < -0.4 is 10.6 Å². The van der Waals surface area contributed by atoms with E-state index < -0.39 is 11.2 Å². The number of benzene rings is 2. The molecule has 0 saturated carbocycles. The van der Waals surface area contributed by atoms with E-state index >= 15 is 0 Å². The quantitative estimate of drug-likeness (QED) is 0.655. The third-order valence-corrected chi connectivity index (χ3v) is 5.75. The van der Waals surface area contributed by atoms with Gasteiger partial charge in [-0.3, -0.25) is 14.5 Å². The lowest BCUT2D eigenvalue weighted by Gasteiger charge is -2.18. The summed E-state index contributed by atoms with van der Waals surface area (Å²) in [6, 6.07) is 17.1. The Bertz CT molecular complexity index is 974. The SMILES string of the molecule is Cc1ccc(N2C(=O)[C@@H](Cc3ccccc3C)S/C2=C(/C#N)C(N)=O)cc1. The Morgan fingerprint density at radius 1 is 1.19 bits per heavy atom. The standard InChI is InChI=1S/C21H19N3O2S/c1-13-7-9-16(10-8-13)24-20(26)18(11-15-6-4-3-5-14(15)2)27-21(24)17(12-22)19(23)25/h3-10,18H,11H2,1-2H3,(H2,23,25)/b21-17-/t18-/m1/s1. The molecule has 5 nitrogen and oxygen atoms in total. The largest absolute Gasteiger partial charge is 0.365 e. The molecule has 136 valence electrons. The van der Waals surface area contributed by atoms with Crippen molar-refractivity contribution in [2.75, 3.05) is 4.90 Å². The molecule has 0 radical (unpaired) electrons. The van der Waals surface area contributed by atoms with E-state index in [0.29, 0.717) is 17.1 Å². The van der Waals surface area contributed by atoms with E-state index in [9.17, 15) is 14.9 Å². The molecule has 0 spiro atoms. The zero-order valence-electron chi connectivity index (χ0n) is 15.1. The fraction of sp³-hybridized carbons (Fsp3) is 0.190. The second-order valence-electron chi connectivity index (χ2n) is 6.40. The number of hydrogen-bond acceptors (Lipinski definition) is 4. The van der Waals surface area contributed by atoms with Crippen molar-refractivity contribution in [3.8, 4) is 6.07 Å². The molecular weight excluding hydrogens is 358 g/mol. The highest BCUT2D eigenvalue weighted by Crippen LogP contribution is 2.42. The number of primary amides is 1. The smallest absolute Gasteiger partial charge is 0.262 e. The third kappa shape index (κ3) is 3.74. The van der Waals surface area contributed by atoms with Gasteiger partial charge >= 0.3 is 0 Å². The van der Waals surface area contributed by atoms with Crippen molar-refractivity contribution in [3.05, 3.63) is 75.8 Å². The fourth-order valence-corrected chi connectivity index (χ4v) is 4.27. The van der Waals surface area contributed by atoms with Crippen LogP contribution in [0.4, 0.5) is 5.69 Å². The van der Waals surface area contributed by atoms with E-state index in [2.05, 4.69) is 0 Å². The number of nitrogens with zero attached hydrogens (tertiary/aromatic N) is 2. The number of nitriles is 1. The van der Waals surface area contributed by atoms with E-state index in [4.69, 9.17) is 5.73 Å². The summed E-state index contributed by atoms with van der Waals surface area (Å²) in [4.78, 5) is 26.4. The molecule has 6 heteroatoms. The van der Waals surface area contributed by atoms with Crippen molar-refractivity contribution in [2.24, 2.45) is 5.73 Å². The van der Waals surface area contributed by atoms with Crippen LogP contribution in [0.5, 0.6) is 0 Å². The molecule has 2 N–H and O–H groups in total. The van der Waals surface area contributed by atoms with Gasteiger partial charge in [0.2, 0.25) is 5.91 Å². The Labute approximate surface area is 162 Å². The molecule has 1 aliphatic rings. The zero-order chi connectivity index (χ0) is 19.6. The molecule has 1 heterocycles. The van der Waals surface area contributed by atoms with Crippen LogP contribution in [0.25, 0.3) is 0 Å². The Balaban J connectivity index is 2.05. The Morgan fingerprint density at radius 2 is 1.85 bits per heavy atom. The van der Waals surface area contributed by atoms with Gasteiger partial charge in [0, 0.05) is 5.69 Å². The maximum absolute atomic E-state index is 13.2. The summed E-state index contributed by atoms with van der Waals surface area (Å²) < 4.78 is 0. The van der Waals surface area contributed by atoms with Crippen molar-refractivity contribution < 1.29 is 9.59 Å². The fourth-order valence-electron chi connectivity index (χ4n) is 2.97. The topological polar surface area (TPSA) is 87.2 Å². The van der Waals surface area contributed by atoms with Crippen LogP contribution in [0.3, 0.4) is 0 Å². The van der Waals surface area contributed by atoms with Crippen molar-refractivity contribution in [1.29, 1.82) is 5.26 Å². The normalized spacial score (nSPS) is 18.3. The Hall–Kier alpha value is -3.04. The minimum absolute atomic E-state index is 0.156. The van der Waals surface area contributed by atoms with Crippen molar-refractivity contribution in [3.63, 3.8) is 0 Å². The molecule has 2 aromatic carbocycles. The summed E-state index contributed by atoms with van der Waals surface area (Å²) in [6.07, 6.45) is 0.513. The minimum atomic E-state index is -0.832. The lowest BCUT2D eigenvalue weighted by Crippen LogP contribution is -2.31. The second kappa shape index (κ2) is 7.68. The molecule has 0 aromatic heterocycles. The number of aryl methyl sites for hydroxylation is 2. The predicted molar refractivity (Wildman–Crippen MR) is 107 cm³/mol. The van der Waals surface area contributed by atoms with E-state index in [1.165, 1.54) is 16.7 Å². The average molecular weight is 377 g/mol. The first-order valence-corrected chi connectivity index (χ1v) is 9.36. The van der Waals surface area contributed by atoms with Gasteiger partial charge in [0.1, 0.15) is 16.7 Å². The number of thioether (sulfide) groups is 1. The van der Waals surface area contributed by atoms with E-state index in [-0.39, 0.29) is 11.5 Å². The number of amides is 2. The maximum Gasteiger partial charge on any atom is 0.262 e. The molecular formula is C21H19N3O2S. The summed E-state index contributed by atoms with van der Waals surface area (Å²) in [7, 11) is 0. The van der Waals surface area contributed by atoms with Crippen LogP contribution in [0, 0.1) is 25.2 Å². The summed E-state index contributed by atoms with van der Waals surface area (Å²) >= 11 is 1.22. The zero-order valence-corrected chi connectivity index (χ0v) is 15.9. The van der Waals surface area contributed by atoms with Gasteiger partial charge in [0.05, 0.1) is 5.25 Å². The number of hydrogen-bond donors (Lipinski definition) is 1. The van der Waals surface area contributed by atoms with E-state index in [0.717, 1.165) is 16.7 Å². The van der Waals surface area contributed by atoms with Crippen molar-refractivity contribution >= 4 is 29.3 Å². The summed E-state index contributed by atoms with van der Waals surface area (Å²) in [5, 5.41) is 9.29. The molecule has 0 aliphatic carbocycles. The first kappa shape index (κ1) is 18.7. The Kier molecular flexibility index (Phi) is 5.33. The monoisotopic (exact) mass is 377 g/mol. The molecule has 1 aliphatic heterocycles. The van der Waals surface area contributed by atoms with Crippen LogP contribution in [0.15, 0.2) is 59.1 Å². The molecule has 2 aromatic rings. The number of rotatable bonds is 4. The predicted octanol–water partition coefficient (Wildman–Crippen LogP) is 3.22. The number of nitrogens with two attached hydrogens (primary N) is 1. The Morgan fingerprint density at radius 3 is 2.44 bits per heavy atom. The lowest BCUT2D eigenvalue weighted by molar-refractivity contribution is -0.117. The maximum atomic E-state index is 13.2. The van der Waals surface area contributed by atoms with Gasteiger partial charge in [-0.25, -0.2) is 0 Å². The number of carbonyl (C=O) groups is 2. The van der Waals surface area contributed by atoms with Crippen LogP contribution >= 0.6 is 11.8 Å².